The van der Waals surface area contributed by atoms with Crippen LogP contribution in [0.5, 0.6) is 5.75 Å². The number of hydrogen-bond acceptors (Lipinski definition) is 6. The summed E-state index contributed by atoms with van der Waals surface area (Å²) in [5.41, 5.74) is 2.46. The SMILES string of the molecule is Cc1cc(Cl)ccc1OCC(=O)Nc1ccc(S(=O)(=O)Nc2onc(C)c2C)cc1. The number of anilines is 2. The molecule has 0 aliphatic carbocycles. The molecule has 3 rings (SSSR count). The third-order valence-corrected chi connectivity index (χ3v) is 5.91. The van der Waals surface area contributed by atoms with Crippen molar-refractivity contribution in [1.82, 2.24) is 5.16 Å². The fourth-order valence-corrected chi connectivity index (χ4v) is 3.80. The third kappa shape index (κ3) is 5.11. The van der Waals surface area contributed by atoms with Gasteiger partial charge < -0.3 is 14.6 Å². The smallest absolute Gasteiger partial charge is 0.264 e. The van der Waals surface area contributed by atoms with Crippen LogP contribution in [0.25, 0.3) is 0 Å². The Balaban J connectivity index is 1.60. The van der Waals surface area contributed by atoms with Crippen molar-refractivity contribution in [3.05, 3.63) is 64.3 Å². The van der Waals surface area contributed by atoms with Gasteiger partial charge in [0.2, 0.25) is 5.88 Å². The Labute approximate surface area is 179 Å². The molecule has 0 atom stereocenters. The van der Waals surface area contributed by atoms with Gasteiger partial charge in [-0.2, -0.15) is 0 Å². The number of rotatable bonds is 7. The molecule has 2 aromatic carbocycles. The Bertz CT molecular complexity index is 1170. The van der Waals surface area contributed by atoms with Crippen LogP contribution in [0.3, 0.4) is 0 Å². The van der Waals surface area contributed by atoms with E-state index in [4.69, 9.17) is 20.9 Å². The van der Waals surface area contributed by atoms with Gasteiger partial charge in [-0.05, 0) is 68.8 Å². The second-order valence-corrected chi connectivity index (χ2v) is 8.72. The van der Waals surface area contributed by atoms with E-state index in [1.807, 2.05) is 6.92 Å². The molecule has 0 bridgehead atoms. The predicted molar refractivity (Wildman–Crippen MR) is 114 cm³/mol. The topological polar surface area (TPSA) is 111 Å². The Morgan fingerprint density at radius 1 is 1.13 bits per heavy atom. The van der Waals surface area contributed by atoms with Crippen LogP contribution in [0.2, 0.25) is 5.02 Å². The molecule has 0 spiro atoms. The van der Waals surface area contributed by atoms with E-state index in [0.29, 0.717) is 27.7 Å². The Hall–Kier alpha value is -3.04. The molecular formula is C20H20ClN3O5S. The first-order chi connectivity index (χ1) is 14.2. The van der Waals surface area contributed by atoms with Crippen molar-refractivity contribution in [3.8, 4) is 5.75 Å². The summed E-state index contributed by atoms with van der Waals surface area (Å²) in [5.74, 6) is 0.241. The maximum atomic E-state index is 12.5. The van der Waals surface area contributed by atoms with Gasteiger partial charge in [0, 0.05) is 16.3 Å². The van der Waals surface area contributed by atoms with Crippen molar-refractivity contribution in [2.24, 2.45) is 0 Å². The lowest BCUT2D eigenvalue weighted by atomic mass is 10.2. The predicted octanol–water partition coefficient (Wildman–Crippen LogP) is 4.07. The van der Waals surface area contributed by atoms with E-state index in [9.17, 15) is 13.2 Å². The van der Waals surface area contributed by atoms with Gasteiger partial charge in [0.25, 0.3) is 15.9 Å². The number of benzene rings is 2. The summed E-state index contributed by atoms with van der Waals surface area (Å²) < 4.78 is 37.8. The minimum Gasteiger partial charge on any atom is -0.483 e. The summed E-state index contributed by atoms with van der Waals surface area (Å²) in [4.78, 5) is 12.1. The average molecular weight is 450 g/mol. The monoisotopic (exact) mass is 449 g/mol. The van der Waals surface area contributed by atoms with Crippen LogP contribution in [0, 0.1) is 20.8 Å². The van der Waals surface area contributed by atoms with Gasteiger partial charge in [-0.3, -0.25) is 4.79 Å². The number of aromatic nitrogens is 1. The maximum Gasteiger partial charge on any atom is 0.264 e. The molecule has 8 nitrogen and oxygen atoms in total. The average Bonchev–Trinajstić information content (AvgIpc) is 2.99. The summed E-state index contributed by atoms with van der Waals surface area (Å²) in [6, 6.07) is 10.8. The van der Waals surface area contributed by atoms with Gasteiger partial charge in [-0.15, -0.1) is 0 Å². The molecule has 0 aliphatic rings. The van der Waals surface area contributed by atoms with E-state index in [1.165, 1.54) is 24.3 Å². The highest BCUT2D eigenvalue weighted by atomic mass is 35.5. The lowest BCUT2D eigenvalue weighted by Crippen LogP contribution is -2.20. The van der Waals surface area contributed by atoms with Crippen LogP contribution < -0.4 is 14.8 Å². The Kier molecular flexibility index (Phi) is 6.33. The number of carbonyl (C=O) groups is 1. The van der Waals surface area contributed by atoms with Crippen molar-refractivity contribution >= 4 is 39.1 Å². The first-order valence-electron chi connectivity index (χ1n) is 8.90. The summed E-state index contributed by atoms with van der Waals surface area (Å²) in [6.45, 7) is 5.05. The standard InChI is InChI=1S/C20H20ClN3O5S/c1-12-10-15(21)4-9-18(12)28-11-19(25)22-16-5-7-17(8-6-16)30(26,27)24-20-13(2)14(3)23-29-20/h4-10,24H,11H2,1-3H3,(H,22,25). The molecule has 30 heavy (non-hydrogen) atoms. The number of halogens is 1. The maximum absolute atomic E-state index is 12.5. The van der Waals surface area contributed by atoms with E-state index in [2.05, 4.69) is 15.2 Å². The number of nitrogens with zero attached hydrogens (tertiary/aromatic N) is 1. The molecule has 0 saturated heterocycles. The second kappa shape index (κ2) is 8.76. The Morgan fingerprint density at radius 3 is 2.43 bits per heavy atom. The molecule has 1 heterocycles. The first kappa shape index (κ1) is 21.7. The molecule has 1 aromatic heterocycles. The van der Waals surface area contributed by atoms with Crippen molar-refractivity contribution < 1.29 is 22.5 Å². The van der Waals surface area contributed by atoms with Gasteiger partial charge in [0.15, 0.2) is 6.61 Å². The fourth-order valence-electron chi connectivity index (χ4n) is 2.52. The third-order valence-electron chi connectivity index (χ3n) is 4.33. The summed E-state index contributed by atoms with van der Waals surface area (Å²) >= 11 is 5.90. The zero-order chi connectivity index (χ0) is 21.9. The van der Waals surface area contributed by atoms with Crippen LogP contribution in [-0.2, 0) is 14.8 Å². The number of hydrogen-bond donors (Lipinski definition) is 2. The first-order valence-corrected chi connectivity index (χ1v) is 10.8. The molecule has 3 aromatic rings. The van der Waals surface area contributed by atoms with E-state index in [-0.39, 0.29) is 23.3 Å². The fraction of sp³-hybridized carbons (Fsp3) is 0.200. The highest BCUT2D eigenvalue weighted by molar-refractivity contribution is 7.92. The van der Waals surface area contributed by atoms with Crippen LogP contribution in [0.4, 0.5) is 11.6 Å². The number of carbonyl (C=O) groups excluding carboxylic acids is 1. The second-order valence-electron chi connectivity index (χ2n) is 6.60. The molecule has 0 aliphatic heterocycles. The summed E-state index contributed by atoms with van der Waals surface area (Å²) in [5, 5.41) is 6.96. The number of aryl methyl sites for hydroxylation is 2. The number of ether oxygens (including phenoxy) is 1. The van der Waals surface area contributed by atoms with Crippen LogP contribution >= 0.6 is 11.6 Å². The molecule has 0 saturated carbocycles. The van der Waals surface area contributed by atoms with Crippen molar-refractivity contribution in [2.75, 3.05) is 16.6 Å². The quantitative estimate of drug-likeness (QED) is 0.562. The largest absolute Gasteiger partial charge is 0.483 e. The molecule has 10 heteroatoms. The van der Waals surface area contributed by atoms with Gasteiger partial charge >= 0.3 is 0 Å². The van der Waals surface area contributed by atoms with Crippen molar-refractivity contribution in [2.45, 2.75) is 25.7 Å². The molecule has 0 radical (unpaired) electrons. The van der Waals surface area contributed by atoms with Gasteiger partial charge in [-0.25, -0.2) is 13.1 Å². The Morgan fingerprint density at radius 2 is 1.83 bits per heavy atom. The highest BCUT2D eigenvalue weighted by Gasteiger charge is 2.19. The van der Waals surface area contributed by atoms with Crippen molar-refractivity contribution in [3.63, 3.8) is 0 Å². The van der Waals surface area contributed by atoms with E-state index >= 15 is 0 Å². The molecule has 158 valence electrons. The van der Waals surface area contributed by atoms with Crippen molar-refractivity contribution in [1.29, 1.82) is 0 Å². The van der Waals surface area contributed by atoms with E-state index in [1.54, 1.807) is 32.0 Å². The minimum atomic E-state index is -3.85. The lowest BCUT2D eigenvalue weighted by Gasteiger charge is -2.10. The minimum absolute atomic E-state index is 0.0157. The highest BCUT2D eigenvalue weighted by Crippen LogP contribution is 2.23. The molecule has 1 amide bonds. The van der Waals surface area contributed by atoms with E-state index in [0.717, 1.165) is 5.56 Å². The molecular weight excluding hydrogens is 430 g/mol. The zero-order valence-electron chi connectivity index (χ0n) is 16.5. The zero-order valence-corrected chi connectivity index (χ0v) is 18.1. The lowest BCUT2D eigenvalue weighted by molar-refractivity contribution is -0.118. The normalized spacial score (nSPS) is 11.2. The molecule has 0 unspecified atom stereocenters. The molecule has 2 N–H and O–H groups in total. The summed E-state index contributed by atoms with van der Waals surface area (Å²) in [6.07, 6.45) is 0. The molecule has 0 fully saturated rings. The number of nitrogens with one attached hydrogen (secondary N) is 2. The van der Waals surface area contributed by atoms with Gasteiger partial charge in [0.1, 0.15) is 5.75 Å². The van der Waals surface area contributed by atoms with E-state index < -0.39 is 10.0 Å². The number of amides is 1. The van der Waals surface area contributed by atoms with Gasteiger partial charge in [0.05, 0.1) is 10.6 Å². The van der Waals surface area contributed by atoms with Crippen LogP contribution in [0.1, 0.15) is 16.8 Å². The summed E-state index contributed by atoms with van der Waals surface area (Å²) in [7, 11) is -3.85. The van der Waals surface area contributed by atoms with Crippen LogP contribution in [-0.4, -0.2) is 26.1 Å². The van der Waals surface area contributed by atoms with Crippen LogP contribution in [0.15, 0.2) is 51.9 Å². The van der Waals surface area contributed by atoms with Gasteiger partial charge in [-0.1, -0.05) is 16.8 Å². The number of sulfonamides is 1.